The van der Waals surface area contributed by atoms with Gasteiger partial charge in [-0.2, -0.15) is 0 Å². The van der Waals surface area contributed by atoms with E-state index in [1.54, 1.807) is 0 Å². The summed E-state index contributed by atoms with van der Waals surface area (Å²) in [6.45, 7) is 9.08. The fourth-order valence-electron chi connectivity index (χ4n) is 10.1. The molecule has 0 fully saturated rings. The van der Waals surface area contributed by atoms with Crippen LogP contribution in [0.15, 0.2) is 182 Å². The molecule has 0 saturated carbocycles. The number of rotatable bonds is 7. The van der Waals surface area contributed by atoms with Crippen LogP contribution in [0, 0.1) is 6.92 Å². The highest BCUT2D eigenvalue weighted by Gasteiger charge is 2.19. The fourth-order valence-corrected chi connectivity index (χ4v) is 10.1. The van der Waals surface area contributed by atoms with Gasteiger partial charge in [-0.05, 0) is 141 Å². The summed E-state index contributed by atoms with van der Waals surface area (Å²) in [7, 11) is 0. The van der Waals surface area contributed by atoms with Gasteiger partial charge in [0, 0.05) is 32.9 Å². The third-order valence-electron chi connectivity index (χ3n) is 13.0. The zero-order valence-corrected chi connectivity index (χ0v) is 34.8. The first-order valence-electron chi connectivity index (χ1n) is 21.5. The molecular formula is C58H48N2. The van der Waals surface area contributed by atoms with Crippen molar-refractivity contribution in [3.8, 4) is 22.5 Å². The normalized spacial score (nSPS) is 12.2. The second-order valence-electron chi connectivity index (χ2n) is 17.7. The Morgan fingerprint density at radius 3 is 1.58 bits per heavy atom. The van der Waals surface area contributed by atoms with Crippen molar-refractivity contribution in [1.82, 2.24) is 9.13 Å². The van der Waals surface area contributed by atoms with Gasteiger partial charge in [-0.15, -0.1) is 0 Å². The fraction of sp³-hybridized carbons (Fsp3) is 0.138. The molecule has 0 saturated heterocycles. The molecule has 0 unspecified atom stereocenters. The van der Waals surface area contributed by atoms with Crippen molar-refractivity contribution in [1.29, 1.82) is 0 Å². The van der Waals surface area contributed by atoms with Gasteiger partial charge in [0.1, 0.15) is 0 Å². The van der Waals surface area contributed by atoms with Gasteiger partial charge in [0.25, 0.3) is 0 Å². The van der Waals surface area contributed by atoms with Crippen LogP contribution in [-0.4, -0.2) is 9.13 Å². The highest BCUT2D eigenvalue weighted by Crippen LogP contribution is 2.41. The average Bonchev–Trinajstić information content (AvgIpc) is 3.80. The topological polar surface area (TPSA) is 9.86 Å². The van der Waals surface area contributed by atoms with Crippen LogP contribution in [0.5, 0.6) is 0 Å². The van der Waals surface area contributed by atoms with Crippen molar-refractivity contribution in [2.24, 2.45) is 0 Å². The lowest BCUT2D eigenvalue weighted by molar-refractivity contribution is 0.590. The van der Waals surface area contributed by atoms with Crippen LogP contribution < -0.4 is 0 Å². The highest BCUT2D eigenvalue weighted by atomic mass is 15.0. The molecule has 0 atom stereocenters. The second kappa shape index (κ2) is 14.1. The average molecular weight is 773 g/mol. The number of nitrogens with zero attached hydrogens (tertiary/aromatic N) is 2. The zero-order valence-electron chi connectivity index (χ0n) is 34.8. The summed E-state index contributed by atoms with van der Waals surface area (Å²) in [5, 5.41) is 10.5. The summed E-state index contributed by atoms with van der Waals surface area (Å²) in [5.41, 5.74) is 15.6. The van der Waals surface area contributed by atoms with Crippen LogP contribution in [0.1, 0.15) is 49.4 Å². The van der Waals surface area contributed by atoms with Crippen molar-refractivity contribution in [3.63, 3.8) is 0 Å². The Labute approximate surface area is 352 Å². The molecule has 0 aliphatic rings. The van der Waals surface area contributed by atoms with Gasteiger partial charge in [-0.25, -0.2) is 0 Å². The SMILES string of the molecule is Cc1c2ccccc2c(-c2ccc(-n3c4ccccc4c4cc(CCCc5cccc6c5c5ccccc5n6-c5ccc(C(C)(C)C)cc5)ccc43)cc2)c2ccccc12. The molecule has 0 radical (unpaired) electrons. The van der Waals surface area contributed by atoms with Crippen LogP contribution >= 0.6 is 0 Å². The Kier molecular flexibility index (Phi) is 8.53. The van der Waals surface area contributed by atoms with Gasteiger partial charge in [-0.3, -0.25) is 0 Å². The number of hydrogen-bond donors (Lipinski definition) is 0. The van der Waals surface area contributed by atoms with Crippen LogP contribution in [0.4, 0.5) is 0 Å². The third-order valence-corrected chi connectivity index (χ3v) is 13.0. The molecule has 60 heavy (non-hydrogen) atoms. The van der Waals surface area contributed by atoms with Crippen LogP contribution in [0.3, 0.4) is 0 Å². The molecule has 11 aromatic rings. The molecule has 0 amide bonds. The molecule has 0 aliphatic carbocycles. The second-order valence-corrected chi connectivity index (χ2v) is 17.7. The van der Waals surface area contributed by atoms with E-state index in [-0.39, 0.29) is 5.41 Å². The predicted molar refractivity (Wildman–Crippen MR) is 257 cm³/mol. The number of aromatic nitrogens is 2. The lowest BCUT2D eigenvalue weighted by Gasteiger charge is -2.19. The smallest absolute Gasteiger partial charge is 0.0543 e. The first-order chi connectivity index (χ1) is 29.3. The van der Waals surface area contributed by atoms with Crippen LogP contribution in [0.25, 0.3) is 87.7 Å². The van der Waals surface area contributed by atoms with Gasteiger partial charge >= 0.3 is 0 Å². The van der Waals surface area contributed by atoms with Gasteiger partial charge in [0.15, 0.2) is 0 Å². The van der Waals surface area contributed by atoms with Crippen molar-refractivity contribution in [2.45, 2.75) is 52.4 Å². The molecule has 0 bridgehead atoms. The molecule has 290 valence electrons. The number of hydrogen-bond acceptors (Lipinski definition) is 0. The summed E-state index contributed by atoms with van der Waals surface area (Å²) in [4.78, 5) is 0. The first kappa shape index (κ1) is 36.2. The molecule has 2 nitrogen and oxygen atoms in total. The zero-order chi connectivity index (χ0) is 40.5. The van der Waals surface area contributed by atoms with Crippen molar-refractivity contribution >= 4 is 65.2 Å². The Hall–Kier alpha value is -6.90. The maximum absolute atomic E-state index is 2.45. The van der Waals surface area contributed by atoms with Crippen LogP contribution in [-0.2, 0) is 18.3 Å². The van der Waals surface area contributed by atoms with Crippen molar-refractivity contribution < 1.29 is 0 Å². The van der Waals surface area contributed by atoms with E-state index >= 15 is 0 Å². The number of benzene rings is 9. The summed E-state index contributed by atoms with van der Waals surface area (Å²) in [6, 6.07) is 67.9. The first-order valence-corrected chi connectivity index (χ1v) is 21.5. The highest BCUT2D eigenvalue weighted by molar-refractivity contribution is 6.15. The quantitative estimate of drug-likeness (QED) is 0.143. The van der Waals surface area contributed by atoms with E-state index in [9.17, 15) is 0 Å². The predicted octanol–water partition coefficient (Wildman–Crippen LogP) is 15.6. The molecule has 9 aromatic carbocycles. The molecule has 2 aromatic heterocycles. The van der Waals surface area contributed by atoms with E-state index in [2.05, 4.69) is 219 Å². The number of aryl methyl sites for hydroxylation is 3. The Balaban J connectivity index is 0.915. The Bertz CT molecular complexity index is 3370. The van der Waals surface area contributed by atoms with Crippen LogP contribution in [0.2, 0.25) is 0 Å². The minimum atomic E-state index is 0.120. The molecule has 0 spiro atoms. The van der Waals surface area contributed by atoms with E-state index < -0.39 is 0 Å². The molecule has 0 aliphatic heterocycles. The molecule has 11 rings (SSSR count). The van der Waals surface area contributed by atoms with Gasteiger partial charge in [0.05, 0.1) is 22.1 Å². The van der Waals surface area contributed by atoms with E-state index in [0.717, 1.165) is 19.3 Å². The maximum atomic E-state index is 2.45. The summed E-state index contributed by atoms with van der Waals surface area (Å²) < 4.78 is 4.89. The minimum Gasteiger partial charge on any atom is -0.309 e. The summed E-state index contributed by atoms with van der Waals surface area (Å²) >= 11 is 0. The molecule has 0 N–H and O–H groups in total. The van der Waals surface area contributed by atoms with Crippen molar-refractivity contribution in [3.05, 3.63) is 204 Å². The van der Waals surface area contributed by atoms with E-state index in [1.807, 2.05) is 0 Å². The van der Waals surface area contributed by atoms with E-state index in [0.29, 0.717) is 0 Å². The van der Waals surface area contributed by atoms with Gasteiger partial charge in [0.2, 0.25) is 0 Å². The monoisotopic (exact) mass is 772 g/mol. The van der Waals surface area contributed by atoms with Gasteiger partial charge < -0.3 is 9.13 Å². The van der Waals surface area contributed by atoms with E-state index in [1.165, 1.54) is 110 Å². The third kappa shape index (κ3) is 5.85. The largest absolute Gasteiger partial charge is 0.309 e. The Morgan fingerprint density at radius 2 is 0.933 bits per heavy atom. The van der Waals surface area contributed by atoms with E-state index in [4.69, 9.17) is 0 Å². The number of fused-ring (bicyclic) bond motifs is 8. The lowest BCUT2D eigenvalue weighted by Crippen LogP contribution is -2.10. The van der Waals surface area contributed by atoms with Crippen molar-refractivity contribution in [2.75, 3.05) is 0 Å². The minimum absolute atomic E-state index is 0.120. The summed E-state index contributed by atoms with van der Waals surface area (Å²) in [6.07, 6.45) is 3.12. The summed E-state index contributed by atoms with van der Waals surface area (Å²) in [5.74, 6) is 0. The maximum Gasteiger partial charge on any atom is 0.0543 e. The molecular weight excluding hydrogens is 725 g/mol. The number of para-hydroxylation sites is 2. The Morgan fingerprint density at radius 1 is 0.417 bits per heavy atom. The lowest BCUT2D eigenvalue weighted by atomic mass is 9.87. The standard InChI is InChI=1S/C58H48N2/c1-38-45-18-5-7-21-48(45)56(49-22-8-6-19-46(38)49)41-28-32-43(33-29-41)59-52-24-11-9-20-47(52)51-37-39(27-36-54(51)59)15-13-16-40-17-14-26-55-57(40)50-23-10-12-25-53(50)60(55)44-34-30-42(31-35-44)58(2,3)4/h5-12,14,17-37H,13,15-16H2,1-4H3. The molecule has 2 heteroatoms. The van der Waals surface area contributed by atoms with Gasteiger partial charge in [-0.1, -0.05) is 148 Å². The molecule has 2 heterocycles.